The van der Waals surface area contributed by atoms with E-state index in [4.69, 9.17) is 37.4 Å². The molecule has 1 saturated heterocycles. The fourth-order valence-corrected chi connectivity index (χ4v) is 6.93. The zero-order valence-electron chi connectivity index (χ0n) is 22.1. The number of sulfonamides is 1. The highest BCUT2D eigenvalue weighted by molar-refractivity contribution is 7.93. The molecule has 212 valence electrons. The molecule has 12 heteroatoms. The monoisotopic (exact) mass is 605 g/mol. The van der Waals surface area contributed by atoms with Gasteiger partial charge in [-0.25, -0.2) is 8.42 Å². The van der Waals surface area contributed by atoms with E-state index < -0.39 is 16.6 Å². The Bertz CT molecular complexity index is 1510. The number of anilines is 1. The first-order valence-corrected chi connectivity index (χ1v) is 14.9. The lowest BCUT2D eigenvalue weighted by Crippen LogP contribution is -2.51. The van der Waals surface area contributed by atoms with Crippen LogP contribution in [0.3, 0.4) is 0 Å². The minimum atomic E-state index is -4.23. The number of carbonyl (C=O) groups excluding carboxylic acids is 1. The van der Waals surface area contributed by atoms with Crippen LogP contribution < -0.4 is 18.5 Å². The number of carbonyl (C=O) groups is 1. The van der Waals surface area contributed by atoms with Crippen molar-refractivity contribution in [2.45, 2.75) is 18.4 Å². The second kappa shape index (κ2) is 11.7. The average molecular weight is 607 g/mol. The van der Waals surface area contributed by atoms with Gasteiger partial charge in [-0.1, -0.05) is 35.3 Å². The van der Waals surface area contributed by atoms with Crippen molar-refractivity contribution in [3.05, 3.63) is 75.8 Å². The van der Waals surface area contributed by atoms with Crippen molar-refractivity contribution in [2.24, 2.45) is 0 Å². The van der Waals surface area contributed by atoms with Crippen LogP contribution in [0.5, 0.6) is 17.2 Å². The number of methoxy groups -OCH3 is 1. The van der Waals surface area contributed by atoms with Crippen molar-refractivity contribution in [1.29, 1.82) is 0 Å². The smallest absolute Gasteiger partial charge is 0.268 e. The summed E-state index contributed by atoms with van der Waals surface area (Å²) >= 11 is 12.5. The van der Waals surface area contributed by atoms with E-state index in [1.54, 1.807) is 24.0 Å². The van der Waals surface area contributed by atoms with Crippen LogP contribution in [0.25, 0.3) is 0 Å². The normalized spacial score (nSPS) is 15.2. The van der Waals surface area contributed by atoms with Crippen molar-refractivity contribution in [2.75, 3.05) is 50.9 Å². The van der Waals surface area contributed by atoms with Gasteiger partial charge in [-0.15, -0.1) is 0 Å². The number of fused-ring (bicyclic) bond motifs is 1. The number of hydrogen-bond acceptors (Lipinski definition) is 7. The Morgan fingerprint density at radius 1 is 0.950 bits per heavy atom. The highest BCUT2D eigenvalue weighted by Crippen LogP contribution is 2.34. The van der Waals surface area contributed by atoms with E-state index in [1.165, 1.54) is 31.4 Å². The van der Waals surface area contributed by atoms with Gasteiger partial charge in [0.25, 0.3) is 10.0 Å². The van der Waals surface area contributed by atoms with Crippen LogP contribution in [-0.2, 0) is 21.4 Å². The summed E-state index contributed by atoms with van der Waals surface area (Å²) in [5.74, 6) is 1.32. The lowest BCUT2D eigenvalue weighted by atomic mass is 10.1. The maximum absolute atomic E-state index is 14.0. The number of halogens is 2. The zero-order valence-corrected chi connectivity index (χ0v) is 24.4. The SMILES string of the molecule is COc1ccc(C)cc1S(=O)(=O)N(CC(=O)N1CCN(Cc2ccc3c(c2)OCO3)CC1)c1cc(Cl)cc(Cl)c1. The minimum Gasteiger partial charge on any atom is -0.495 e. The van der Waals surface area contributed by atoms with Gasteiger partial charge in [0.15, 0.2) is 11.5 Å². The Morgan fingerprint density at radius 3 is 2.35 bits per heavy atom. The summed E-state index contributed by atoms with van der Waals surface area (Å²) in [5, 5.41) is 0.506. The number of piperazine rings is 1. The van der Waals surface area contributed by atoms with Gasteiger partial charge in [-0.05, 0) is 60.5 Å². The summed E-state index contributed by atoms with van der Waals surface area (Å²) in [6.45, 7) is 4.50. The average Bonchev–Trinajstić information content (AvgIpc) is 3.39. The number of benzene rings is 3. The van der Waals surface area contributed by atoms with Crippen LogP contribution in [0.1, 0.15) is 11.1 Å². The molecule has 0 saturated carbocycles. The van der Waals surface area contributed by atoms with Crippen molar-refractivity contribution in [3.63, 3.8) is 0 Å². The maximum Gasteiger partial charge on any atom is 0.268 e. The predicted molar refractivity (Wildman–Crippen MR) is 153 cm³/mol. The Hall–Kier alpha value is -3.18. The zero-order chi connectivity index (χ0) is 28.4. The molecule has 0 radical (unpaired) electrons. The van der Waals surface area contributed by atoms with Gasteiger partial charge in [0, 0.05) is 42.8 Å². The van der Waals surface area contributed by atoms with Gasteiger partial charge in [-0.3, -0.25) is 14.0 Å². The third-order valence-electron chi connectivity index (χ3n) is 6.87. The van der Waals surface area contributed by atoms with Crippen molar-refractivity contribution in [3.8, 4) is 17.2 Å². The van der Waals surface area contributed by atoms with Gasteiger partial charge in [0.2, 0.25) is 12.7 Å². The number of hydrogen-bond donors (Lipinski definition) is 0. The molecule has 9 nitrogen and oxygen atoms in total. The van der Waals surface area contributed by atoms with Crippen LogP contribution >= 0.6 is 23.2 Å². The van der Waals surface area contributed by atoms with Gasteiger partial charge in [-0.2, -0.15) is 0 Å². The number of amides is 1. The molecule has 0 spiro atoms. The van der Waals surface area contributed by atoms with Crippen molar-refractivity contribution in [1.82, 2.24) is 9.80 Å². The summed E-state index contributed by atoms with van der Waals surface area (Å²) in [4.78, 5) is 17.4. The van der Waals surface area contributed by atoms with Crippen LogP contribution in [-0.4, -0.2) is 70.8 Å². The molecule has 40 heavy (non-hydrogen) atoms. The third kappa shape index (κ3) is 6.10. The molecule has 0 N–H and O–H groups in total. The van der Waals surface area contributed by atoms with Crippen LogP contribution in [0.15, 0.2) is 59.5 Å². The molecule has 0 aromatic heterocycles. The van der Waals surface area contributed by atoms with Crippen LogP contribution in [0, 0.1) is 6.92 Å². The standard InChI is InChI=1S/C28H29Cl2N3O6S/c1-19-3-5-25(37-2)27(11-19)40(35,36)33(23-14-21(29)13-22(30)15-23)17-28(34)32-9-7-31(8-10-32)16-20-4-6-24-26(12-20)39-18-38-24/h3-6,11-15H,7-10,16-18H2,1-2H3. The summed E-state index contributed by atoms with van der Waals surface area (Å²) in [7, 11) is -2.83. The maximum atomic E-state index is 14.0. The van der Waals surface area contributed by atoms with E-state index in [0.29, 0.717) is 32.7 Å². The van der Waals surface area contributed by atoms with E-state index >= 15 is 0 Å². The number of ether oxygens (including phenoxy) is 3. The van der Waals surface area contributed by atoms with E-state index in [2.05, 4.69) is 4.90 Å². The topological polar surface area (TPSA) is 88.6 Å². The number of aryl methyl sites for hydroxylation is 1. The summed E-state index contributed by atoms with van der Waals surface area (Å²) in [5.41, 5.74) is 2.01. The van der Waals surface area contributed by atoms with E-state index in [1.807, 2.05) is 18.2 Å². The lowest BCUT2D eigenvalue weighted by molar-refractivity contribution is -0.131. The molecule has 5 rings (SSSR count). The first-order chi connectivity index (χ1) is 19.1. The van der Waals surface area contributed by atoms with Crippen molar-refractivity contribution >= 4 is 44.8 Å². The first kappa shape index (κ1) is 28.4. The highest BCUT2D eigenvalue weighted by Gasteiger charge is 2.33. The van der Waals surface area contributed by atoms with Crippen LogP contribution in [0.2, 0.25) is 10.0 Å². The third-order valence-corrected chi connectivity index (χ3v) is 9.10. The molecule has 1 amide bonds. The molecule has 2 aliphatic heterocycles. The molecule has 0 atom stereocenters. The Kier molecular flexibility index (Phi) is 8.32. The first-order valence-electron chi connectivity index (χ1n) is 12.7. The minimum absolute atomic E-state index is 0.0487. The van der Waals surface area contributed by atoms with E-state index in [0.717, 1.165) is 26.9 Å². The molecule has 0 aliphatic carbocycles. The molecule has 3 aromatic rings. The Balaban J connectivity index is 1.33. The summed E-state index contributed by atoms with van der Waals surface area (Å²) in [6.07, 6.45) is 0. The molecule has 0 bridgehead atoms. The second-order valence-electron chi connectivity index (χ2n) is 9.64. The molecule has 3 aromatic carbocycles. The fourth-order valence-electron chi connectivity index (χ4n) is 4.78. The summed E-state index contributed by atoms with van der Waals surface area (Å²) < 4.78 is 45.3. The molecule has 2 heterocycles. The fraction of sp³-hybridized carbons (Fsp3) is 0.321. The molecule has 2 aliphatic rings. The molecule has 0 unspecified atom stereocenters. The van der Waals surface area contributed by atoms with E-state index in [-0.39, 0.29) is 39.1 Å². The van der Waals surface area contributed by atoms with Crippen LogP contribution in [0.4, 0.5) is 5.69 Å². The lowest BCUT2D eigenvalue weighted by Gasteiger charge is -2.36. The Labute approximate surface area is 243 Å². The quantitative estimate of drug-likeness (QED) is 0.371. The van der Waals surface area contributed by atoms with Gasteiger partial charge in [0.05, 0.1) is 12.8 Å². The van der Waals surface area contributed by atoms with Crippen molar-refractivity contribution < 1.29 is 27.4 Å². The number of rotatable bonds is 8. The summed E-state index contributed by atoms with van der Waals surface area (Å²) in [6, 6.07) is 15.2. The molecular weight excluding hydrogens is 577 g/mol. The molecular formula is C28H29Cl2N3O6S. The van der Waals surface area contributed by atoms with E-state index in [9.17, 15) is 13.2 Å². The van der Waals surface area contributed by atoms with Gasteiger partial charge in [0.1, 0.15) is 17.2 Å². The Morgan fingerprint density at radius 2 is 1.65 bits per heavy atom. The second-order valence-corrected chi connectivity index (χ2v) is 12.3. The van der Waals surface area contributed by atoms with Gasteiger partial charge >= 0.3 is 0 Å². The largest absolute Gasteiger partial charge is 0.495 e. The van der Waals surface area contributed by atoms with Gasteiger partial charge < -0.3 is 19.1 Å². The molecule has 1 fully saturated rings. The number of nitrogens with zero attached hydrogens (tertiary/aromatic N) is 3. The highest BCUT2D eigenvalue weighted by atomic mass is 35.5. The predicted octanol–water partition coefficient (Wildman–Crippen LogP) is 4.58.